The molecular weight excluding hydrogens is 414 g/mol. The summed E-state index contributed by atoms with van der Waals surface area (Å²) in [5, 5.41) is 3.16. The number of fused-ring (bicyclic) bond motifs is 1. The number of nitrogens with zero attached hydrogens (tertiary/aromatic N) is 4. The Morgan fingerprint density at radius 3 is 2.61 bits per heavy atom. The lowest BCUT2D eigenvalue weighted by molar-refractivity contribution is -0.122. The fourth-order valence-corrected chi connectivity index (χ4v) is 4.89. The molecular formula is C22H35N5O3S. The number of amides is 1. The number of aryl methyl sites for hydroxylation is 2. The van der Waals surface area contributed by atoms with Crippen molar-refractivity contribution in [3.05, 3.63) is 24.0 Å². The van der Waals surface area contributed by atoms with Crippen molar-refractivity contribution in [2.75, 3.05) is 34.2 Å². The van der Waals surface area contributed by atoms with E-state index in [0.29, 0.717) is 18.4 Å². The highest BCUT2D eigenvalue weighted by atomic mass is 32.2. The fraction of sp³-hybridized carbons (Fsp3) is 0.636. The van der Waals surface area contributed by atoms with Gasteiger partial charge in [-0.15, -0.1) is 0 Å². The van der Waals surface area contributed by atoms with Gasteiger partial charge in [-0.1, -0.05) is 13.3 Å². The molecule has 8 nitrogen and oxygen atoms in total. The van der Waals surface area contributed by atoms with E-state index in [1.807, 2.05) is 6.07 Å². The highest BCUT2D eigenvalue weighted by molar-refractivity contribution is 7.89. The lowest BCUT2D eigenvalue weighted by Crippen LogP contribution is -2.43. The number of imidazole rings is 1. The monoisotopic (exact) mass is 449 g/mol. The predicted octanol–water partition coefficient (Wildman–Crippen LogP) is 2.23. The molecule has 0 saturated carbocycles. The molecule has 1 aromatic carbocycles. The largest absolute Gasteiger partial charge is 0.353 e. The van der Waals surface area contributed by atoms with Gasteiger partial charge in [0, 0.05) is 39.5 Å². The minimum Gasteiger partial charge on any atom is -0.353 e. The van der Waals surface area contributed by atoms with Gasteiger partial charge in [-0.25, -0.2) is 17.7 Å². The topological polar surface area (TPSA) is 87.5 Å². The molecule has 0 spiro atoms. The van der Waals surface area contributed by atoms with Gasteiger partial charge in [0.15, 0.2) is 0 Å². The summed E-state index contributed by atoms with van der Waals surface area (Å²) in [5.41, 5.74) is 1.57. The standard InChI is InChI=1S/C22H35N5O3S/c1-5-6-13-27-20-8-7-18(31(29,30)25(2)3)16-19(20)24-21(27)9-10-22(28)23-17-11-14-26(4)15-12-17/h7-8,16-17H,5-6,9-15H2,1-4H3,(H,23,28). The third-order valence-corrected chi connectivity index (χ3v) is 7.78. The highest BCUT2D eigenvalue weighted by Crippen LogP contribution is 2.23. The Morgan fingerprint density at radius 2 is 1.97 bits per heavy atom. The molecule has 9 heteroatoms. The van der Waals surface area contributed by atoms with Crippen LogP contribution < -0.4 is 5.32 Å². The predicted molar refractivity (Wildman–Crippen MR) is 122 cm³/mol. The summed E-state index contributed by atoms with van der Waals surface area (Å²) in [6.07, 6.45) is 4.93. The summed E-state index contributed by atoms with van der Waals surface area (Å²) in [7, 11) is 1.63. The molecule has 0 radical (unpaired) electrons. The minimum atomic E-state index is -3.52. The van der Waals surface area contributed by atoms with Gasteiger partial charge in [0.1, 0.15) is 5.82 Å². The van der Waals surface area contributed by atoms with E-state index in [1.54, 1.807) is 12.1 Å². The van der Waals surface area contributed by atoms with Crippen molar-refractivity contribution >= 4 is 27.0 Å². The van der Waals surface area contributed by atoms with Crippen molar-refractivity contribution in [2.45, 2.75) is 62.9 Å². The maximum Gasteiger partial charge on any atom is 0.242 e. The van der Waals surface area contributed by atoms with E-state index in [9.17, 15) is 13.2 Å². The molecule has 172 valence electrons. The van der Waals surface area contributed by atoms with E-state index < -0.39 is 10.0 Å². The lowest BCUT2D eigenvalue weighted by atomic mass is 10.1. The molecule has 2 aromatic rings. The number of piperidine rings is 1. The molecule has 1 fully saturated rings. The van der Waals surface area contributed by atoms with E-state index in [0.717, 1.165) is 56.7 Å². The number of benzene rings is 1. The van der Waals surface area contributed by atoms with Gasteiger partial charge in [0.05, 0.1) is 15.9 Å². The normalized spacial score (nSPS) is 16.3. The molecule has 0 bridgehead atoms. The molecule has 3 rings (SSSR count). The molecule has 1 aliphatic rings. The zero-order chi connectivity index (χ0) is 22.6. The average molecular weight is 450 g/mol. The Hall–Kier alpha value is -1.97. The summed E-state index contributed by atoms with van der Waals surface area (Å²) < 4.78 is 28.3. The maximum absolute atomic E-state index is 12.5. The number of carbonyl (C=O) groups is 1. The lowest BCUT2D eigenvalue weighted by Gasteiger charge is -2.29. The van der Waals surface area contributed by atoms with Crippen molar-refractivity contribution < 1.29 is 13.2 Å². The van der Waals surface area contributed by atoms with Crippen molar-refractivity contribution in [1.82, 2.24) is 24.1 Å². The Labute approximate surface area is 185 Å². The first-order chi connectivity index (χ1) is 14.7. The Morgan fingerprint density at radius 1 is 1.26 bits per heavy atom. The van der Waals surface area contributed by atoms with Crippen molar-refractivity contribution in [2.24, 2.45) is 0 Å². The number of carbonyl (C=O) groups excluding carboxylic acids is 1. The van der Waals surface area contributed by atoms with Crippen LogP contribution in [0.25, 0.3) is 11.0 Å². The Balaban J connectivity index is 1.77. The quantitative estimate of drug-likeness (QED) is 0.634. The van der Waals surface area contributed by atoms with Crippen LogP contribution >= 0.6 is 0 Å². The first kappa shape index (κ1) is 23.7. The molecule has 0 atom stereocenters. The Bertz CT molecular complexity index is 1010. The molecule has 31 heavy (non-hydrogen) atoms. The fourth-order valence-electron chi connectivity index (χ4n) is 3.97. The van der Waals surface area contributed by atoms with Crippen LogP contribution in [0.15, 0.2) is 23.1 Å². The molecule has 1 aliphatic heterocycles. The summed E-state index contributed by atoms with van der Waals surface area (Å²) in [5.74, 6) is 0.890. The highest BCUT2D eigenvalue weighted by Gasteiger charge is 2.21. The average Bonchev–Trinajstić information content (AvgIpc) is 3.09. The van der Waals surface area contributed by atoms with Gasteiger partial charge in [0.2, 0.25) is 15.9 Å². The van der Waals surface area contributed by atoms with Crippen LogP contribution in [-0.2, 0) is 27.8 Å². The first-order valence-corrected chi connectivity index (χ1v) is 12.6. The molecule has 1 saturated heterocycles. The second kappa shape index (κ2) is 10.1. The molecule has 0 aliphatic carbocycles. The molecule has 1 amide bonds. The smallest absolute Gasteiger partial charge is 0.242 e. The van der Waals surface area contributed by atoms with Gasteiger partial charge in [-0.05, 0) is 57.6 Å². The number of unbranched alkanes of at least 4 members (excludes halogenated alkanes) is 1. The Kier molecular flexibility index (Phi) is 7.72. The number of nitrogens with one attached hydrogen (secondary N) is 1. The number of rotatable bonds is 9. The van der Waals surface area contributed by atoms with E-state index in [1.165, 1.54) is 18.4 Å². The van der Waals surface area contributed by atoms with Crippen LogP contribution in [0.4, 0.5) is 0 Å². The number of hydrogen-bond acceptors (Lipinski definition) is 5. The van der Waals surface area contributed by atoms with Gasteiger partial charge in [-0.2, -0.15) is 0 Å². The molecule has 0 unspecified atom stereocenters. The number of sulfonamides is 1. The van der Waals surface area contributed by atoms with Crippen LogP contribution in [0.5, 0.6) is 0 Å². The van der Waals surface area contributed by atoms with Gasteiger partial charge in [0.25, 0.3) is 0 Å². The van der Waals surface area contributed by atoms with E-state index in [4.69, 9.17) is 4.98 Å². The van der Waals surface area contributed by atoms with Crippen LogP contribution in [0, 0.1) is 0 Å². The van der Waals surface area contributed by atoms with Crippen molar-refractivity contribution in [3.63, 3.8) is 0 Å². The van der Waals surface area contributed by atoms with Gasteiger partial charge >= 0.3 is 0 Å². The SMILES string of the molecule is CCCCn1c(CCC(=O)NC2CCN(C)CC2)nc2cc(S(=O)(=O)N(C)C)ccc21. The molecule has 2 heterocycles. The van der Waals surface area contributed by atoms with E-state index in [2.05, 4.69) is 28.8 Å². The van der Waals surface area contributed by atoms with Gasteiger partial charge in [-0.3, -0.25) is 4.79 Å². The second-order valence-electron chi connectivity index (χ2n) is 8.62. The van der Waals surface area contributed by atoms with Crippen LogP contribution in [0.3, 0.4) is 0 Å². The zero-order valence-corrected chi connectivity index (χ0v) is 19.9. The summed E-state index contributed by atoms with van der Waals surface area (Å²) in [6.45, 7) is 4.96. The summed E-state index contributed by atoms with van der Waals surface area (Å²) in [6, 6.07) is 5.35. The molecule has 1 aromatic heterocycles. The number of hydrogen-bond donors (Lipinski definition) is 1. The van der Waals surface area contributed by atoms with Crippen LogP contribution in [-0.4, -0.2) is 73.4 Å². The van der Waals surface area contributed by atoms with E-state index >= 15 is 0 Å². The first-order valence-electron chi connectivity index (χ1n) is 11.1. The third kappa shape index (κ3) is 5.64. The zero-order valence-electron chi connectivity index (χ0n) is 19.1. The van der Waals surface area contributed by atoms with Crippen LogP contribution in [0.2, 0.25) is 0 Å². The van der Waals surface area contributed by atoms with E-state index in [-0.39, 0.29) is 16.8 Å². The third-order valence-electron chi connectivity index (χ3n) is 5.97. The van der Waals surface area contributed by atoms with Gasteiger partial charge < -0.3 is 14.8 Å². The number of aromatic nitrogens is 2. The summed E-state index contributed by atoms with van der Waals surface area (Å²) in [4.78, 5) is 19.8. The van der Waals surface area contributed by atoms with Crippen molar-refractivity contribution in [1.29, 1.82) is 0 Å². The minimum absolute atomic E-state index is 0.0551. The van der Waals surface area contributed by atoms with Crippen molar-refractivity contribution in [3.8, 4) is 0 Å². The molecule has 1 N–H and O–H groups in total. The maximum atomic E-state index is 12.5. The van der Waals surface area contributed by atoms with Crippen LogP contribution in [0.1, 0.15) is 44.9 Å². The summed E-state index contributed by atoms with van der Waals surface area (Å²) >= 11 is 0. The number of likely N-dealkylation sites (tertiary alicyclic amines) is 1. The second-order valence-corrected chi connectivity index (χ2v) is 10.8.